The third-order valence-electron chi connectivity index (χ3n) is 6.97. The third kappa shape index (κ3) is 4.99. The van der Waals surface area contributed by atoms with Crippen molar-refractivity contribution in [1.29, 1.82) is 0 Å². The lowest BCUT2D eigenvalue weighted by molar-refractivity contribution is -0.121. The summed E-state index contributed by atoms with van der Waals surface area (Å²) in [5, 5.41) is 1.74. The van der Waals surface area contributed by atoms with Crippen LogP contribution in [0.2, 0.25) is 0 Å². The van der Waals surface area contributed by atoms with Gasteiger partial charge in [0.25, 0.3) is 11.8 Å². The number of hydrogen-bond donors (Lipinski definition) is 0. The van der Waals surface area contributed by atoms with Gasteiger partial charge in [-0.1, -0.05) is 96.6 Å². The van der Waals surface area contributed by atoms with Gasteiger partial charge in [0.15, 0.2) is 0 Å². The molecule has 1 heterocycles. The van der Waals surface area contributed by atoms with Crippen LogP contribution >= 0.6 is 0 Å². The van der Waals surface area contributed by atoms with Crippen molar-refractivity contribution in [3.8, 4) is 5.75 Å². The normalized spacial score (nSPS) is 13.6. The fraction of sp³-hybridized carbons (Fsp3) is 0.0571. The summed E-state index contributed by atoms with van der Waals surface area (Å²) in [5.41, 5.74) is 3.30. The summed E-state index contributed by atoms with van der Waals surface area (Å²) < 4.78 is 6.28. The van der Waals surface area contributed by atoms with Crippen LogP contribution < -0.4 is 14.5 Å². The molecule has 0 spiro atoms. The molecule has 1 aliphatic heterocycles. The van der Waals surface area contributed by atoms with Crippen LogP contribution in [0.5, 0.6) is 5.75 Å². The first-order valence-electron chi connectivity index (χ1n) is 13.3. The zero-order valence-corrected chi connectivity index (χ0v) is 22.4. The van der Waals surface area contributed by atoms with E-state index in [9.17, 15) is 14.4 Å². The van der Waals surface area contributed by atoms with E-state index in [0.717, 1.165) is 31.7 Å². The number of fused-ring (bicyclic) bond motifs is 1. The number of hydrogen-bond acceptors (Lipinski definition) is 4. The molecule has 6 rings (SSSR count). The van der Waals surface area contributed by atoms with Crippen molar-refractivity contribution < 1.29 is 19.1 Å². The van der Waals surface area contributed by atoms with Crippen molar-refractivity contribution in [3.63, 3.8) is 0 Å². The quantitative estimate of drug-likeness (QED) is 0.168. The molecule has 0 N–H and O–H groups in total. The summed E-state index contributed by atoms with van der Waals surface area (Å²) in [4.78, 5) is 43.6. The van der Waals surface area contributed by atoms with Crippen molar-refractivity contribution >= 4 is 46.1 Å². The van der Waals surface area contributed by atoms with Crippen LogP contribution in [-0.2, 0) is 16.2 Å². The van der Waals surface area contributed by atoms with Crippen molar-refractivity contribution in [3.05, 3.63) is 144 Å². The Morgan fingerprint density at radius 3 is 1.90 bits per heavy atom. The maximum Gasteiger partial charge on any atom is 0.343 e. The average Bonchev–Trinajstić information content (AvgIpc) is 3.00. The number of aryl methyl sites for hydroxylation is 1. The van der Waals surface area contributed by atoms with Gasteiger partial charge in [-0.2, -0.15) is 0 Å². The Bertz CT molecular complexity index is 1750. The number of benzene rings is 5. The van der Waals surface area contributed by atoms with Gasteiger partial charge in [0.1, 0.15) is 17.9 Å². The first kappa shape index (κ1) is 25.8. The highest BCUT2D eigenvalue weighted by atomic mass is 16.5. The Morgan fingerprint density at radius 1 is 0.659 bits per heavy atom. The van der Waals surface area contributed by atoms with E-state index in [-0.39, 0.29) is 5.57 Å². The van der Waals surface area contributed by atoms with Crippen molar-refractivity contribution in [2.45, 2.75) is 13.5 Å². The third-order valence-corrected chi connectivity index (χ3v) is 6.97. The highest BCUT2D eigenvalue weighted by molar-refractivity contribution is 6.46. The van der Waals surface area contributed by atoms with E-state index >= 15 is 0 Å². The highest BCUT2D eigenvalue weighted by Crippen LogP contribution is 2.34. The molecule has 5 aromatic rings. The lowest BCUT2D eigenvalue weighted by atomic mass is 9.99. The molecule has 0 aliphatic carbocycles. The monoisotopic (exact) mass is 538 g/mol. The SMILES string of the molecule is Cc1cccc(COc2ccc3ccccc3c2C=C2C(=O)N(c3ccccc3)C(=O)N(c3ccccc3)C2=O)c1. The molecule has 5 aromatic carbocycles. The second kappa shape index (κ2) is 10.9. The number of barbiturate groups is 1. The van der Waals surface area contributed by atoms with Crippen LogP contribution in [0.15, 0.2) is 127 Å². The number of nitrogens with zero attached hydrogens (tertiary/aromatic N) is 2. The van der Waals surface area contributed by atoms with Gasteiger partial charge in [-0.3, -0.25) is 9.59 Å². The molecule has 0 unspecified atom stereocenters. The fourth-order valence-electron chi connectivity index (χ4n) is 5.00. The summed E-state index contributed by atoms with van der Waals surface area (Å²) in [5.74, 6) is -0.875. The molecule has 6 heteroatoms. The number of para-hydroxylation sites is 2. The van der Waals surface area contributed by atoms with Crippen LogP contribution in [0.4, 0.5) is 16.2 Å². The number of urea groups is 1. The Morgan fingerprint density at radius 2 is 1.27 bits per heavy atom. The molecule has 1 saturated heterocycles. The second-order valence-electron chi connectivity index (χ2n) is 9.77. The molecular formula is C35H26N2O4. The number of ether oxygens (including phenoxy) is 1. The van der Waals surface area contributed by atoms with E-state index in [4.69, 9.17) is 4.74 Å². The van der Waals surface area contributed by atoms with Gasteiger partial charge >= 0.3 is 6.03 Å². The molecule has 0 aromatic heterocycles. The smallest absolute Gasteiger partial charge is 0.343 e. The molecule has 41 heavy (non-hydrogen) atoms. The van der Waals surface area contributed by atoms with Gasteiger partial charge in [0.2, 0.25) is 0 Å². The van der Waals surface area contributed by atoms with E-state index in [1.54, 1.807) is 66.7 Å². The highest BCUT2D eigenvalue weighted by Gasteiger charge is 2.43. The fourth-order valence-corrected chi connectivity index (χ4v) is 5.00. The van der Waals surface area contributed by atoms with Gasteiger partial charge in [-0.25, -0.2) is 14.6 Å². The van der Waals surface area contributed by atoms with E-state index in [1.165, 1.54) is 0 Å². The summed E-state index contributed by atoms with van der Waals surface area (Å²) in [6.07, 6.45) is 1.55. The first-order valence-corrected chi connectivity index (χ1v) is 13.3. The Kier molecular flexibility index (Phi) is 6.88. The molecule has 0 saturated carbocycles. The van der Waals surface area contributed by atoms with Gasteiger partial charge in [-0.15, -0.1) is 0 Å². The molecule has 0 radical (unpaired) electrons. The molecule has 0 atom stereocenters. The second-order valence-corrected chi connectivity index (χ2v) is 9.77. The maximum atomic E-state index is 13.9. The van der Waals surface area contributed by atoms with Gasteiger partial charge < -0.3 is 4.74 Å². The Labute approximate surface area is 237 Å². The summed E-state index contributed by atoms with van der Waals surface area (Å²) >= 11 is 0. The van der Waals surface area contributed by atoms with Crippen molar-refractivity contribution in [2.24, 2.45) is 0 Å². The number of imide groups is 2. The first-order chi connectivity index (χ1) is 20.0. The van der Waals surface area contributed by atoms with Gasteiger partial charge in [-0.05, 0) is 59.7 Å². The standard InChI is InChI=1S/C35H26N2O4/c1-24-11-10-12-25(21-24)23-41-32-20-19-26-13-8-9-18-29(26)30(32)22-31-33(38)36(27-14-4-2-5-15-27)35(40)37(34(31)39)28-16-6-3-7-17-28/h2-22H,23H2,1H3. The van der Waals surface area contributed by atoms with Crippen LogP contribution in [0.1, 0.15) is 16.7 Å². The number of rotatable bonds is 6. The number of amides is 4. The number of anilines is 2. The summed E-state index contributed by atoms with van der Waals surface area (Å²) in [7, 11) is 0. The average molecular weight is 539 g/mol. The van der Waals surface area contributed by atoms with Gasteiger partial charge in [0, 0.05) is 5.56 Å². The van der Waals surface area contributed by atoms with Crippen LogP contribution in [0, 0.1) is 6.92 Å². The minimum absolute atomic E-state index is 0.144. The van der Waals surface area contributed by atoms with E-state index < -0.39 is 17.8 Å². The van der Waals surface area contributed by atoms with Crippen LogP contribution in [0.25, 0.3) is 16.8 Å². The topological polar surface area (TPSA) is 66.9 Å². The molecule has 0 bridgehead atoms. The van der Waals surface area contributed by atoms with E-state index in [1.807, 2.05) is 61.5 Å². The van der Waals surface area contributed by atoms with Crippen molar-refractivity contribution in [1.82, 2.24) is 0 Å². The maximum absolute atomic E-state index is 13.9. The Hall–Kier alpha value is -5.49. The summed E-state index contributed by atoms with van der Waals surface area (Å²) in [6.45, 7) is 2.33. The van der Waals surface area contributed by atoms with E-state index in [0.29, 0.717) is 29.3 Å². The van der Waals surface area contributed by atoms with Crippen molar-refractivity contribution in [2.75, 3.05) is 9.80 Å². The van der Waals surface area contributed by atoms with E-state index in [2.05, 4.69) is 6.07 Å². The Balaban J connectivity index is 1.50. The predicted octanol–water partition coefficient (Wildman–Crippen LogP) is 7.31. The van der Waals surface area contributed by atoms with Gasteiger partial charge in [0.05, 0.1) is 11.4 Å². The molecule has 6 nitrogen and oxygen atoms in total. The molecular weight excluding hydrogens is 512 g/mol. The largest absolute Gasteiger partial charge is 0.488 e. The zero-order chi connectivity index (χ0) is 28.3. The minimum atomic E-state index is -0.733. The minimum Gasteiger partial charge on any atom is -0.488 e. The lowest BCUT2D eigenvalue weighted by Gasteiger charge is -2.34. The summed E-state index contributed by atoms with van der Waals surface area (Å²) in [6, 6.07) is 36.0. The molecule has 1 aliphatic rings. The molecule has 200 valence electrons. The zero-order valence-electron chi connectivity index (χ0n) is 22.4. The molecule has 4 amide bonds. The number of carbonyl (C=O) groups is 3. The lowest BCUT2D eigenvalue weighted by Crippen LogP contribution is -2.57. The number of carbonyl (C=O) groups excluding carboxylic acids is 3. The predicted molar refractivity (Wildman–Crippen MR) is 161 cm³/mol. The molecule has 1 fully saturated rings. The van der Waals surface area contributed by atoms with Crippen LogP contribution in [-0.4, -0.2) is 17.8 Å². The van der Waals surface area contributed by atoms with Crippen LogP contribution in [0.3, 0.4) is 0 Å².